The maximum Gasteiger partial charge on any atom is 0.267 e. The molecule has 0 amide bonds. The summed E-state index contributed by atoms with van der Waals surface area (Å²) in [6.07, 6.45) is 0. The van der Waals surface area contributed by atoms with Gasteiger partial charge in [-0.15, -0.1) is 0 Å². The number of aryl methyl sites for hydroxylation is 1. The van der Waals surface area contributed by atoms with Crippen molar-refractivity contribution in [2.24, 2.45) is 7.05 Å². The van der Waals surface area contributed by atoms with Crippen LogP contribution in [0.5, 0.6) is 0 Å². The molecule has 0 unspecified atom stereocenters. The predicted octanol–water partition coefficient (Wildman–Crippen LogP) is 2.09. The fraction of sp³-hybridized carbons (Fsp3) is 0.0769. The van der Waals surface area contributed by atoms with Crippen molar-refractivity contribution >= 4 is 21.7 Å². The Kier molecular flexibility index (Phi) is 1.80. The molecular weight excluding hydrogens is 200 g/mol. The highest BCUT2D eigenvalue weighted by Crippen LogP contribution is 2.21. The normalized spacial score (nSPS) is 11.1. The summed E-state index contributed by atoms with van der Waals surface area (Å²) in [5.74, 6) is 0. The van der Waals surface area contributed by atoms with E-state index in [-0.39, 0.29) is 5.56 Å². The van der Waals surface area contributed by atoms with Gasteiger partial charge in [-0.3, -0.25) is 4.79 Å². The van der Waals surface area contributed by atoms with Gasteiger partial charge in [0.1, 0.15) is 0 Å². The first-order valence-electron chi connectivity index (χ1n) is 5.11. The van der Waals surface area contributed by atoms with E-state index in [0.717, 1.165) is 21.7 Å². The Balaban J connectivity index is 2.60. The molecule has 0 aliphatic carbocycles. The molecule has 0 fully saturated rings. The molecule has 0 aliphatic heterocycles. The minimum Gasteiger partial charge on any atom is -0.268 e. The van der Waals surface area contributed by atoms with Gasteiger partial charge >= 0.3 is 0 Å². The van der Waals surface area contributed by atoms with Gasteiger partial charge in [-0.05, 0) is 5.39 Å². The lowest BCUT2D eigenvalue weighted by molar-refractivity contribution is 0.727. The fourth-order valence-electron chi connectivity index (χ4n) is 1.93. The molecule has 1 aromatic heterocycles. The summed E-state index contributed by atoms with van der Waals surface area (Å²) in [6, 6.07) is 13.6. The highest BCUT2D eigenvalue weighted by molar-refractivity contribution is 6.04. The molecule has 0 atom stereocenters. The minimum atomic E-state index is -0.0808. The number of aromatic nitrogens is 2. The number of hydrogen-bond acceptors (Lipinski definition) is 2. The second kappa shape index (κ2) is 3.17. The van der Waals surface area contributed by atoms with E-state index in [1.807, 2.05) is 36.4 Å². The topological polar surface area (TPSA) is 34.9 Å². The summed E-state index contributed by atoms with van der Waals surface area (Å²) in [4.78, 5) is 11.5. The smallest absolute Gasteiger partial charge is 0.267 e. The van der Waals surface area contributed by atoms with E-state index in [2.05, 4.69) is 5.10 Å². The molecule has 0 bridgehead atoms. The Bertz CT molecular complexity index is 744. The van der Waals surface area contributed by atoms with Gasteiger partial charge < -0.3 is 0 Å². The standard InChI is InChI=1S/C13H10N2O/c1-15-12(16)8-10-7-6-9-4-2-3-5-11(9)13(10)14-15/h2-8H,1H3. The van der Waals surface area contributed by atoms with Crippen LogP contribution in [-0.2, 0) is 7.05 Å². The third kappa shape index (κ3) is 1.21. The van der Waals surface area contributed by atoms with E-state index in [4.69, 9.17) is 0 Å². The Morgan fingerprint density at radius 3 is 2.69 bits per heavy atom. The van der Waals surface area contributed by atoms with Crippen molar-refractivity contribution in [1.29, 1.82) is 0 Å². The Morgan fingerprint density at radius 1 is 1.06 bits per heavy atom. The lowest BCUT2D eigenvalue weighted by atomic mass is 10.1. The summed E-state index contributed by atoms with van der Waals surface area (Å²) >= 11 is 0. The van der Waals surface area contributed by atoms with Crippen LogP contribution in [0.15, 0.2) is 47.3 Å². The molecule has 1 heterocycles. The zero-order chi connectivity index (χ0) is 11.1. The molecular formula is C13H10N2O. The highest BCUT2D eigenvalue weighted by atomic mass is 16.1. The molecule has 3 aromatic rings. The van der Waals surface area contributed by atoms with E-state index in [1.165, 1.54) is 4.68 Å². The maximum atomic E-state index is 11.5. The molecule has 0 saturated carbocycles. The second-order valence-electron chi connectivity index (χ2n) is 3.83. The van der Waals surface area contributed by atoms with Crippen molar-refractivity contribution in [2.45, 2.75) is 0 Å². The predicted molar refractivity (Wildman–Crippen MR) is 64.5 cm³/mol. The van der Waals surface area contributed by atoms with Crippen LogP contribution in [0.4, 0.5) is 0 Å². The summed E-state index contributed by atoms with van der Waals surface area (Å²) < 4.78 is 1.37. The van der Waals surface area contributed by atoms with E-state index >= 15 is 0 Å². The molecule has 0 aliphatic rings. The summed E-state index contributed by atoms with van der Waals surface area (Å²) in [5.41, 5.74) is 0.794. The van der Waals surface area contributed by atoms with Crippen LogP contribution in [0.2, 0.25) is 0 Å². The molecule has 0 saturated heterocycles. The van der Waals surface area contributed by atoms with Crippen molar-refractivity contribution in [2.75, 3.05) is 0 Å². The zero-order valence-electron chi connectivity index (χ0n) is 8.84. The molecule has 2 aromatic carbocycles. The van der Waals surface area contributed by atoms with Crippen LogP contribution >= 0.6 is 0 Å². The van der Waals surface area contributed by atoms with Crippen molar-refractivity contribution in [1.82, 2.24) is 9.78 Å². The van der Waals surface area contributed by atoms with Gasteiger partial charge in [0, 0.05) is 23.9 Å². The van der Waals surface area contributed by atoms with E-state index < -0.39 is 0 Å². The van der Waals surface area contributed by atoms with Crippen LogP contribution in [-0.4, -0.2) is 9.78 Å². The fourth-order valence-corrected chi connectivity index (χ4v) is 1.93. The van der Waals surface area contributed by atoms with Gasteiger partial charge in [0.05, 0.1) is 5.52 Å². The molecule has 0 radical (unpaired) electrons. The minimum absolute atomic E-state index is 0.0808. The highest BCUT2D eigenvalue weighted by Gasteiger charge is 2.03. The molecule has 78 valence electrons. The van der Waals surface area contributed by atoms with Crippen molar-refractivity contribution in [3.63, 3.8) is 0 Å². The summed E-state index contributed by atoms with van der Waals surface area (Å²) in [5, 5.41) is 7.42. The van der Waals surface area contributed by atoms with E-state index in [0.29, 0.717) is 0 Å². The van der Waals surface area contributed by atoms with Crippen LogP contribution < -0.4 is 5.56 Å². The van der Waals surface area contributed by atoms with Gasteiger partial charge in [-0.2, -0.15) is 5.10 Å². The maximum absolute atomic E-state index is 11.5. The van der Waals surface area contributed by atoms with Crippen molar-refractivity contribution in [3.05, 3.63) is 52.8 Å². The molecule has 3 nitrogen and oxygen atoms in total. The number of nitrogens with zero attached hydrogens (tertiary/aromatic N) is 2. The summed E-state index contributed by atoms with van der Waals surface area (Å²) in [7, 11) is 1.67. The number of hydrogen-bond donors (Lipinski definition) is 0. The Labute approximate surface area is 91.9 Å². The molecule has 0 N–H and O–H groups in total. The van der Waals surface area contributed by atoms with Crippen molar-refractivity contribution in [3.8, 4) is 0 Å². The SMILES string of the molecule is Cn1nc2c(ccc3ccccc32)cc1=O. The van der Waals surface area contributed by atoms with Crippen molar-refractivity contribution < 1.29 is 0 Å². The van der Waals surface area contributed by atoms with E-state index in [1.54, 1.807) is 13.1 Å². The van der Waals surface area contributed by atoms with Crippen LogP contribution in [0.1, 0.15) is 0 Å². The Hall–Kier alpha value is -2.16. The monoisotopic (exact) mass is 210 g/mol. The first-order valence-corrected chi connectivity index (χ1v) is 5.11. The molecule has 16 heavy (non-hydrogen) atoms. The van der Waals surface area contributed by atoms with Gasteiger partial charge in [0.25, 0.3) is 5.56 Å². The molecule has 3 heteroatoms. The third-order valence-electron chi connectivity index (χ3n) is 2.78. The van der Waals surface area contributed by atoms with Gasteiger partial charge in [0.2, 0.25) is 0 Å². The van der Waals surface area contributed by atoms with Crippen LogP contribution in [0, 0.1) is 0 Å². The van der Waals surface area contributed by atoms with Crippen LogP contribution in [0.3, 0.4) is 0 Å². The average molecular weight is 210 g/mol. The number of fused-ring (bicyclic) bond motifs is 3. The third-order valence-corrected chi connectivity index (χ3v) is 2.78. The van der Waals surface area contributed by atoms with Gasteiger partial charge in [-0.25, -0.2) is 4.68 Å². The Morgan fingerprint density at radius 2 is 1.81 bits per heavy atom. The first-order chi connectivity index (χ1) is 7.75. The lowest BCUT2D eigenvalue weighted by Crippen LogP contribution is -2.17. The van der Waals surface area contributed by atoms with E-state index in [9.17, 15) is 4.79 Å². The largest absolute Gasteiger partial charge is 0.268 e. The molecule has 0 spiro atoms. The van der Waals surface area contributed by atoms with Gasteiger partial charge in [0.15, 0.2) is 0 Å². The average Bonchev–Trinajstić information content (AvgIpc) is 2.31. The van der Waals surface area contributed by atoms with Crippen LogP contribution in [0.25, 0.3) is 21.7 Å². The zero-order valence-corrected chi connectivity index (χ0v) is 8.84. The second-order valence-corrected chi connectivity index (χ2v) is 3.83. The summed E-state index contributed by atoms with van der Waals surface area (Å²) in [6.45, 7) is 0. The number of benzene rings is 2. The molecule has 3 rings (SSSR count). The first kappa shape index (κ1) is 9.09. The quantitative estimate of drug-likeness (QED) is 0.532. The lowest BCUT2D eigenvalue weighted by Gasteiger charge is -2.03. The van der Waals surface area contributed by atoms with Gasteiger partial charge in [-0.1, -0.05) is 36.4 Å². The number of rotatable bonds is 0.